The highest BCUT2D eigenvalue weighted by atomic mass is 16.7. The molecule has 0 radical (unpaired) electrons. The van der Waals surface area contributed by atoms with Crippen LogP contribution in [0.2, 0.25) is 0 Å². The quantitative estimate of drug-likeness (QED) is 0.392. The van der Waals surface area contributed by atoms with Crippen LogP contribution in [0.5, 0.6) is 17.2 Å². The number of rotatable bonds is 5. The minimum absolute atomic E-state index is 0.0432. The molecule has 1 aromatic heterocycles. The molecular weight excluding hydrogens is 466 g/mol. The minimum atomic E-state index is 0.0432. The predicted octanol–water partition coefficient (Wildman–Crippen LogP) is 4.91. The number of fused-ring (bicyclic) bond motifs is 2. The summed E-state index contributed by atoms with van der Waals surface area (Å²) in [5.74, 6) is 2.45. The monoisotopic (exact) mass is 495 g/mol. The molecule has 6 rings (SSSR count). The zero-order valence-electron chi connectivity index (χ0n) is 21.1. The van der Waals surface area contributed by atoms with Crippen molar-refractivity contribution < 1.29 is 19.0 Å². The molecule has 3 aromatic carbocycles. The van der Waals surface area contributed by atoms with Gasteiger partial charge in [0.05, 0.1) is 23.9 Å². The topological polar surface area (TPSA) is 64.1 Å². The second-order valence-corrected chi connectivity index (χ2v) is 9.51. The lowest BCUT2D eigenvalue weighted by Crippen LogP contribution is -2.48. The average molecular weight is 496 g/mol. The highest BCUT2D eigenvalue weighted by Crippen LogP contribution is 2.33. The number of benzene rings is 3. The molecule has 3 heterocycles. The number of ether oxygens (including phenoxy) is 3. The summed E-state index contributed by atoms with van der Waals surface area (Å²) in [5, 5.41) is 0.873. The maximum Gasteiger partial charge on any atom is 0.254 e. The molecule has 2 aliphatic rings. The number of methoxy groups -OCH3 is 1. The van der Waals surface area contributed by atoms with Crippen LogP contribution in [0.1, 0.15) is 21.5 Å². The second kappa shape index (κ2) is 9.75. The van der Waals surface area contributed by atoms with Crippen LogP contribution < -0.4 is 14.2 Å². The molecule has 0 N–H and O–H groups in total. The van der Waals surface area contributed by atoms with E-state index in [9.17, 15) is 4.79 Å². The van der Waals surface area contributed by atoms with E-state index in [-0.39, 0.29) is 12.7 Å². The van der Waals surface area contributed by atoms with Gasteiger partial charge in [0, 0.05) is 43.7 Å². The molecule has 4 aromatic rings. The fourth-order valence-corrected chi connectivity index (χ4v) is 5.06. The Balaban J connectivity index is 1.22. The van der Waals surface area contributed by atoms with Crippen molar-refractivity contribution in [2.24, 2.45) is 0 Å². The largest absolute Gasteiger partial charge is 0.496 e. The predicted molar refractivity (Wildman–Crippen MR) is 142 cm³/mol. The SMILES string of the molecule is COc1cc(-c2cc(C(=O)N3CCN(Cc4ccc5c(c4)OCO5)CC3)c3ccccc3n2)ccc1C. The Kier molecular flexibility index (Phi) is 6.14. The number of amides is 1. The van der Waals surface area contributed by atoms with Crippen LogP contribution in [-0.2, 0) is 6.54 Å². The van der Waals surface area contributed by atoms with Gasteiger partial charge in [-0.2, -0.15) is 0 Å². The molecule has 1 saturated heterocycles. The smallest absolute Gasteiger partial charge is 0.254 e. The maximum atomic E-state index is 13.8. The molecule has 188 valence electrons. The molecule has 1 amide bonds. The lowest BCUT2D eigenvalue weighted by Gasteiger charge is -2.35. The van der Waals surface area contributed by atoms with E-state index < -0.39 is 0 Å². The van der Waals surface area contributed by atoms with E-state index in [0.717, 1.165) is 64.6 Å². The minimum Gasteiger partial charge on any atom is -0.496 e. The van der Waals surface area contributed by atoms with Crippen LogP contribution in [0.15, 0.2) is 66.7 Å². The van der Waals surface area contributed by atoms with Gasteiger partial charge in [0.25, 0.3) is 5.91 Å². The summed E-state index contributed by atoms with van der Waals surface area (Å²) in [6.45, 7) is 6.08. The Hall–Kier alpha value is -4.10. The van der Waals surface area contributed by atoms with E-state index in [4.69, 9.17) is 19.2 Å². The molecule has 37 heavy (non-hydrogen) atoms. The molecule has 0 saturated carbocycles. The molecule has 0 unspecified atom stereocenters. The zero-order chi connectivity index (χ0) is 25.4. The summed E-state index contributed by atoms with van der Waals surface area (Å²) in [7, 11) is 1.67. The van der Waals surface area contributed by atoms with Gasteiger partial charge in [-0.25, -0.2) is 4.98 Å². The number of pyridine rings is 1. The Morgan fingerprint density at radius 1 is 0.946 bits per heavy atom. The van der Waals surface area contributed by atoms with Gasteiger partial charge in [-0.1, -0.05) is 36.4 Å². The van der Waals surface area contributed by atoms with Crippen molar-refractivity contribution in [3.8, 4) is 28.5 Å². The van der Waals surface area contributed by atoms with E-state index in [1.54, 1.807) is 7.11 Å². The van der Waals surface area contributed by atoms with E-state index in [1.807, 2.05) is 72.5 Å². The van der Waals surface area contributed by atoms with Crippen molar-refractivity contribution in [3.63, 3.8) is 0 Å². The third kappa shape index (κ3) is 4.58. The highest BCUT2D eigenvalue weighted by Gasteiger charge is 2.25. The number of hydrogen-bond donors (Lipinski definition) is 0. The summed E-state index contributed by atoms with van der Waals surface area (Å²) in [5.41, 5.74) is 5.43. The molecule has 7 heteroatoms. The molecule has 0 bridgehead atoms. The molecular formula is C30H29N3O4. The highest BCUT2D eigenvalue weighted by molar-refractivity contribution is 6.07. The van der Waals surface area contributed by atoms with Crippen molar-refractivity contribution in [1.82, 2.24) is 14.8 Å². The van der Waals surface area contributed by atoms with Gasteiger partial charge in [0.2, 0.25) is 6.79 Å². The third-order valence-corrected chi connectivity index (χ3v) is 7.15. The van der Waals surface area contributed by atoms with E-state index in [2.05, 4.69) is 11.0 Å². The Morgan fingerprint density at radius 3 is 2.59 bits per heavy atom. The summed E-state index contributed by atoms with van der Waals surface area (Å²) in [4.78, 5) is 23.0. The number of aryl methyl sites for hydroxylation is 1. The molecule has 0 spiro atoms. The van der Waals surface area contributed by atoms with Crippen LogP contribution in [0.4, 0.5) is 0 Å². The molecule has 7 nitrogen and oxygen atoms in total. The van der Waals surface area contributed by atoms with Crippen molar-refractivity contribution >= 4 is 16.8 Å². The fraction of sp³-hybridized carbons (Fsp3) is 0.267. The number of aromatic nitrogens is 1. The van der Waals surface area contributed by atoms with Gasteiger partial charge in [-0.05, 0) is 48.4 Å². The van der Waals surface area contributed by atoms with Crippen LogP contribution in [0.3, 0.4) is 0 Å². The average Bonchev–Trinajstić information content (AvgIpc) is 3.41. The van der Waals surface area contributed by atoms with Gasteiger partial charge in [0.15, 0.2) is 11.5 Å². The van der Waals surface area contributed by atoms with Crippen molar-refractivity contribution in [1.29, 1.82) is 0 Å². The second-order valence-electron chi connectivity index (χ2n) is 9.51. The van der Waals surface area contributed by atoms with E-state index in [0.29, 0.717) is 18.7 Å². The maximum absolute atomic E-state index is 13.8. The third-order valence-electron chi connectivity index (χ3n) is 7.15. The van der Waals surface area contributed by atoms with Gasteiger partial charge in [-0.3, -0.25) is 9.69 Å². The lowest BCUT2D eigenvalue weighted by molar-refractivity contribution is 0.0630. The number of piperazine rings is 1. The van der Waals surface area contributed by atoms with Crippen LogP contribution >= 0.6 is 0 Å². The Morgan fingerprint density at radius 2 is 1.76 bits per heavy atom. The van der Waals surface area contributed by atoms with E-state index >= 15 is 0 Å². The Bertz CT molecular complexity index is 1480. The fourth-order valence-electron chi connectivity index (χ4n) is 5.06. The van der Waals surface area contributed by atoms with Crippen molar-refractivity contribution in [2.45, 2.75) is 13.5 Å². The summed E-state index contributed by atoms with van der Waals surface area (Å²) in [6, 6.07) is 21.9. The van der Waals surface area contributed by atoms with Crippen molar-refractivity contribution in [2.75, 3.05) is 40.1 Å². The first-order chi connectivity index (χ1) is 18.1. The number of nitrogens with zero attached hydrogens (tertiary/aromatic N) is 3. The van der Waals surface area contributed by atoms with Crippen LogP contribution in [0, 0.1) is 6.92 Å². The first-order valence-electron chi connectivity index (χ1n) is 12.5. The summed E-state index contributed by atoms with van der Waals surface area (Å²) in [6.07, 6.45) is 0. The van der Waals surface area contributed by atoms with Crippen LogP contribution in [-0.4, -0.2) is 60.8 Å². The van der Waals surface area contributed by atoms with Gasteiger partial charge >= 0.3 is 0 Å². The zero-order valence-corrected chi connectivity index (χ0v) is 21.1. The first-order valence-corrected chi connectivity index (χ1v) is 12.5. The number of carbonyl (C=O) groups is 1. The molecule has 0 aliphatic carbocycles. The number of para-hydroxylation sites is 1. The van der Waals surface area contributed by atoms with Crippen LogP contribution in [0.25, 0.3) is 22.2 Å². The summed E-state index contributed by atoms with van der Waals surface area (Å²) >= 11 is 0. The number of hydrogen-bond acceptors (Lipinski definition) is 6. The normalized spacial score (nSPS) is 15.2. The standard InChI is InChI=1S/C30H29N3O4/c1-20-7-9-22(16-28(20)35-2)26-17-24(23-5-3-4-6-25(23)31-26)30(34)33-13-11-32(12-14-33)18-21-8-10-27-29(15-21)37-19-36-27/h3-10,15-17H,11-14,18-19H2,1-2H3. The summed E-state index contributed by atoms with van der Waals surface area (Å²) < 4.78 is 16.5. The molecule has 1 fully saturated rings. The van der Waals surface area contributed by atoms with E-state index in [1.165, 1.54) is 5.56 Å². The molecule has 2 aliphatic heterocycles. The lowest BCUT2D eigenvalue weighted by atomic mass is 10.0. The van der Waals surface area contributed by atoms with Gasteiger partial charge in [0.1, 0.15) is 5.75 Å². The molecule has 0 atom stereocenters. The first kappa shape index (κ1) is 23.3. The number of carbonyl (C=O) groups excluding carboxylic acids is 1. The van der Waals surface area contributed by atoms with Gasteiger partial charge < -0.3 is 19.1 Å². The van der Waals surface area contributed by atoms with Crippen molar-refractivity contribution in [3.05, 3.63) is 83.4 Å². The Labute approximate surface area is 216 Å². The van der Waals surface area contributed by atoms with Gasteiger partial charge in [-0.15, -0.1) is 0 Å².